The molecule has 0 aliphatic carbocycles. The second kappa shape index (κ2) is 5.61. The molecule has 2 aliphatic rings. The van der Waals surface area contributed by atoms with Crippen molar-refractivity contribution >= 4 is 15.8 Å². The highest BCUT2D eigenvalue weighted by Crippen LogP contribution is 2.43. The molecule has 0 amide bonds. The second-order valence-corrected chi connectivity index (χ2v) is 8.51. The molecule has 4 rings (SSSR count). The van der Waals surface area contributed by atoms with Crippen LogP contribution in [0.5, 0.6) is 0 Å². The zero-order valence-corrected chi connectivity index (χ0v) is 14.2. The Bertz CT molecular complexity index is 905. The number of rotatable bonds is 3. The maximum Gasteiger partial charge on any atom is 0.434 e. The maximum atomic E-state index is 12.5. The van der Waals surface area contributed by atoms with Crippen molar-refractivity contribution in [1.29, 1.82) is 0 Å². The summed E-state index contributed by atoms with van der Waals surface area (Å²) in [5.74, 6) is 0.359. The fourth-order valence-corrected chi connectivity index (χ4v) is 4.91. The van der Waals surface area contributed by atoms with Crippen molar-refractivity contribution in [2.24, 2.45) is 5.41 Å². The molecule has 0 saturated carbocycles. The molecule has 2 aromatic heterocycles. The summed E-state index contributed by atoms with van der Waals surface area (Å²) in [6, 6.07) is 3.06. The zero-order chi connectivity index (χ0) is 18.6. The Balaban J connectivity index is 1.38. The van der Waals surface area contributed by atoms with Crippen LogP contribution in [0.3, 0.4) is 0 Å². The van der Waals surface area contributed by atoms with E-state index < -0.39 is 21.9 Å². The van der Waals surface area contributed by atoms with Crippen molar-refractivity contribution in [2.45, 2.75) is 11.1 Å². The minimum Gasteiger partial charge on any atom is -0.354 e. The molecule has 11 heteroatoms. The van der Waals surface area contributed by atoms with Gasteiger partial charge < -0.3 is 4.90 Å². The van der Waals surface area contributed by atoms with Crippen LogP contribution < -0.4 is 4.90 Å². The molecule has 0 unspecified atom stereocenters. The molecule has 4 heterocycles. The molecule has 0 bridgehead atoms. The van der Waals surface area contributed by atoms with Gasteiger partial charge >= 0.3 is 6.18 Å². The first-order chi connectivity index (χ1) is 12.2. The van der Waals surface area contributed by atoms with Crippen LogP contribution in [0.25, 0.3) is 0 Å². The largest absolute Gasteiger partial charge is 0.434 e. The van der Waals surface area contributed by atoms with E-state index in [4.69, 9.17) is 0 Å². The van der Waals surface area contributed by atoms with Gasteiger partial charge in [0.15, 0.2) is 5.69 Å². The van der Waals surface area contributed by atoms with Crippen molar-refractivity contribution < 1.29 is 21.6 Å². The van der Waals surface area contributed by atoms with Gasteiger partial charge in [0, 0.05) is 44.0 Å². The highest BCUT2D eigenvalue weighted by atomic mass is 32.2. The Morgan fingerprint density at radius 3 is 2.31 bits per heavy atom. The van der Waals surface area contributed by atoms with Crippen LogP contribution in [0.1, 0.15) is 5.69 Å². The van der Waals surface area contributed by atoms with Crippen LogP contribution in [0.15, 0.2) is 41.8 Å². The number of pyridine rings is 1. The highest BCUT2D eigenvalue weighted by molar-refractivity contribution is 7.89. The molecular weight excluding hydrogens is 371 g/mol. The lowest BCUT2D eigenvalue weighted by molar-refractivity contribution is -0.141. The molecule has 2 aromatic rings. The Kier molecular flexibility index (Phi) is 3.70. The van der Waals surface area contributed by atoms with Gasteiger partial charge in [0.25, 0.3) is 0 Å². The van der Waals surface area contributed by atoms with Gasteiger partial charge in [0.05, 0.1) is 12.4 Å². The van der Waals surface area contributed by atoms with Crippen molar-refractivity contribution in [2.75, 3.05) is 31.1 Å². The van der Waals surface area contributed by atoms with Gasteiger partial charge in [-0.25, -0.2) is 18.4 Å². The lowest BCUT2D eigenvalue weighted by Crippen LogP contribution is -2.73. The first kappa shape index (κ1) is 17.2. The quantitative estimate of drug-likeness (QED) is 0.795. The predicted octanol–water partition coefficient (Wildman–Crippen LogP) is 1.40. The summed E-state index contributed by atoms with van der Waals surface area (Å²) in [7, 11) is -3.55. The molecule has 1 spiro atoms. The average molecular weight is 385 g/mol. The van der Waals surface area contributed by atoms with Gasteiger partial charge in [-0.05, 0) is 12.1 Å². The van der Waals surface area contributed by atoms with Gasteiger partial charge in [0.2, 0.25) is 10.0 Å². The number of anilines is 1. The Labute approximate surface area is 147 Å². The van der Waals surface area contributed by atoms with E-state index >= 15 is 0 Å². The van der Waals surface area contributed by atoms with Gasteiger partial charge in [-0.1, -0.05) is 0 Å². The zero-order valence-electron chi connectivity index (χ0n) is 13.4. The summed E-state index contributed by atoms with van der Waals surface area (Å²) < 4.78 is 63.9. The molecule has 7 nitrogen and oxygen atoms in total. The summed E-state index contributed by atoms with van der Waals surface area (Å²) >= 11 is 0. The van der Waals surface area contributed by atoms with Crippen molar-refractivity contribution in [3.63, 3.8) is 0 Å². The first-order valence-electron chi connectivity index (χ1n) is 7.74. The third-order valence-electron chi connectivity index (χ3n) is 4.60. The van der Waals surface area contributed by atoms with Crippen LogP contribution in [-0.2, 0) is 16.2 Å². The van der Waals surface area contributed by atoms with Gasteiger partial charge in [-0.2, -0.15) is 17.5 Å². The fraction of sp³-hybridized carbons (Fsp3) is 0.400. The van der Waals surface area contributed by atoms with E-state index in [1.54, 1.807) is 11.0 Å². The van der Waals surface area contributed by atoms with Crippen LogP contribution in [0.2, 0.25) is 0 Å². The fourth-order valence-electron chi connectivity index (χ4n) is 3.28. The topological polar surface area (TPSA) is 79.3 Å². The summed E-state index contributed by atoms with van der Waals surface area (Å²) in [5.41, 5.74) is -1.21. The smallest absolute Gasteiger partial charge is 0.354 e. The number of hydrogen-bond acceptors (Lipinski definition) is 6. The van der Waals surface area contributed by atoms with E-state index in [0.717, 1.165) is 6.20 Å². The maximum absolute atomic E-state index is 12.5. The van der Waals surface area contributed by atoms with Crippen LogP contribution in [0, 0.1) is 5.41 Å². The van der Waals surface area contributed by atoms with Crippen LogP contribution >= 0.6 is 0 Å². The summed E-state index contributed by atoms with van der Waals surface area (Å²) in [4.78, 5) is 13.0. The number of nitrogens with zero attached hydrogens (tertiary/aromatic N) is 5. The first-order valence-corrected chi connectivity index (χ1v) is 9.18. The van der Waals surface area contributed by atoms with E-state index in [9.17, 15) is 21.6 Å². The molecule has 26 heavy (non-hydrogen) atoms. The van der Waals surface area contributed by atoms with Gasteiger partial charge in [0.1, 0.15) is 10.7 Å². The summed E-state index contributed by atoms with van der Waals surface area (Å²) in [6.07, 6.45) is 0.103. The predicted molar refractivity (Wildman–Crippen MR) is 84.7 cm³/mol. The molecule has 0 N–H and O–H groups in total. The van der Waals surface area contributed by atoms with Gasteiger partial charge in [-0.15, -0.1) is 0 Å². The van der Waals surface area contributed by atoms with E-state index in [-0.39, 0.29) is 10.3 Å². The highest BCUT2D eigenvalue weighted by Gasteiger charge is 2.55. The van der Waals surface area contributed by atoms with Crippen molar-refractivity contribution in [3.05, 3.63) is 42.6 Å². The van der Waals surface area contributed by atoms with E-state index in [0.29, 0.717) is 38.2 Å². The lowest BCUT2D eigenvalue weighted by Gasteiger charge is -2.59. The second-order valence-electron chi connectivity index (χ2n) is 6.58. The SMILES string of the molecule is O=S(=O)(c1cccnc1)N1CC2(CN(c3cnc(C(F)(F)F)cn3)C2)C1. The Hall–Kier alpha value is -2.27. The molecule has 0 atom stereocenters. The van der Waals surface area contributed by atoms with Crippen molar-refractivity contribution in [3.8, 4) is 0 Å². The Morgan fingerprint density at radius 1 is 1.04 bits per heavy atom. The number of alkyl halides is 3. The standard InChI is InChI=1S/C15H14F3N5O2S/c16-15(17,18)12-5-21-13(6-20-12)22-7-14(8-22)9-23(10-14)26(24,25)11-2-1-3-19-4-11/h1-6H,7-10H2. The summed E-state index contributed by atoms with van der Waals surface area (Å²) in [6.45, 7) is 1.81. The van der Waals surface area contributed by atoms with Crippen molar-refractivity contribution in [1.82, 2.24) is 19.3 Å². The normalized spacial score (nSPS) is 19.9. The number of aromatic nitrogens is 3. The third-order valence-corrected chi connectivity index (χ3v) is 6.38. The molecule has 0 aromatic carbocycles. The molecule has 2 aliphatic heterocycles. The van der Waals surface area contributed by atoms with E-state index in [1.807, 2.05) is 0 Å². The van der Waals surface area contributed by atoms with E-state index in [1.165, 1.54) is 22.8 Å². The number of hydrogen-bond donors (Lipinski definition) is 0. The minimum atomic E-state index is -4.52. The van der Waals surface area contributed by atoms with Crippen LogP contribution in [0.4, 0.5) is 19.0 Å². The lowest BCUT2D eigenvalue weighted by atomic mass is 9.74. The average Bonchev–Trinajstić information content (AvgIpc) is 2.52. The molecular formula is C15H14F3N5O2S. The monoisotopic (exact) mass is 385 g/mol. The number of sulfonamides is 1. The molecule has 138 valence electrons. The minimum absolute atomic E-state index is 0.152. The third kappa shape index (κ3) is 2.80. The molecule has 0 radical (unpaired) electrons. The Morgan fingerprint density at radius 2 is 1.77 bits per heavy atom. The van der Waals surface area contributed by atoms with Crippen LogP contribution in [-0.4, -0.2) is 53.9 Å². The summed E-state index contributed by atoms with van der Waals surface area (Å²) in [5, 5.41) is 0. The molecule has 2 fully saturated rings. The van der Waals surface area contributed by atoms with Gasteiger partial charge in [-0.3, -0.25) is 4.98 Å². The molecule has 2 saturated heterocycles. The number of halogens is 3. The van der Waals surface area contributed by atoms with E-state index in [2.05, 4.69) is 15.0 Å².